The Morgan fingerprint density at radius 1 is 0.792 bits per heavy atom. The van der Waals surface area contributed by atoms with Crippen LogP contribution in [0.3, 0.4) is 0 Å². The van der Waals surface area contributed by atoms with E-state index >= 15 is 0 Å². The predicted molar refractivity (Wildman–Crippen MR) is 102 cm³/mol. The third kappa shape index (κ3) is 4.88. The first-order valence-electron chi connectivity index (χ1n) is 8.05. The highest BCUT2D eigenvalue weighted by Gasteiger charge is 2.06. The highest BCUT2D eigenvalue weighted by atomic mass is 32.2. The maximum absolute atomic E-state index is 10.2. The van der Waals surface area contributed by atoms with E-state index in [4.69, 9.17) is 0 Å². The lowest BCUT2D eigenvalue weighted by Gasteiger charge is -2.13. The Kier molecular flexibility index (Phi) is 5.94. The summed E-state index contributed by atoms with van der Waals surface area (Å²) in [6, 6.07) is 28.5. The zero-order chi connectivity index (χ0) is 16.6. The van der Waals surface area contributed by atoms with Crippen LogP contribution in [0.4, 0.5) is 5.69 Å². The molecule has 122 valence electrons. The summed E-state index contributed by atoms with van der Waals surface area (Å²) < 4.78 is 0. The number of thioether (sulfide) groups is 1. The van der Waals surface area contributed by atoms with Gasteiger partial charge >= 0.3 is 0 Å². The topological polar surface area (TPSA) is 32.3 Å². The van der Waals surface area contributed by atoms with E-state index in [2.05, 4.69) is 53.8 Å². The molecule has 24 heavy (non-hydrogen) atoms. The molecule has 0 bridgehead atoms. The normalized spacial score (nSPS) is 11.9. The van der Waals surface area contributed by atoms with Crippen LogP contribution >= 0.6 is 11.8 Å². The molecule has 3 aromatic carbocycles. The highest BCUT2D eigenvalue weighted by molar-refractivity contribution is 7.98. The van der Waals surface area contributed by atoms with Crippen LogP contribution in [0.1, 0.15) is 17.2 Å². The first kappa shape index (κ1) is 16.6. The lowest BCUT2D eigenvalue weighted by atomic mass is 10.1. The summed E-state index contributed by atoms with van der Waals surface area (Å²) in [6.45, 7) is 0.502. The molecule has 0 radical (unpaired) electrons. The largest absolute Gasteiger partial charge is 0.387 e. The van der Waals surface area contributed by atoms with Crippen molar-refractivity contribution in [1.82, 2.24) is 0 Å². The Balaban J connectivity index is 1.49. The predicted octanol–water partition coefficient (Wildman–Crippen LogP) is 5.12. The van der Waals surface area contributed by atoms with Crippen molar-refractivity contribution in [2.45, 2.75) is 16.8 Å². The van der Waals surface area contributed by atoms with Crippen LogP contribution in [-0.2, 0) is 5.75 Å². The van der Waals surface area contributed by atoms with E-state index in [1.807, 2.05) is 48.2 Å². The minimum Gasteiger partial charge on any atom is -0.387 e. The zero-order valence-electron chi connectivity index (χ0n) is 13.4. The molecule has 0 unspecified atom stereocenters. The summed E-state index contributed by atoms with van der Waals surface area (Å²) in [5.74, 6) is 0.955. The first-order valence-corrected chi connectivity index (χ1v) is 9.03. The lowest BCUT2D eigenvalue weighted by Crippen LogP contribution is -2.11. The van der Waals surface area contributed by atoms with Gasteiger partial charge in [0.25, 0.3) is 0 Å². The van der Waals surface area contributed by atoms with Crippen molar-refractivity contribution in [2.24, 2.45) is 0 Å². The number of anilines is 1. The average molecular weight is 335 g/mol. The van der Waals surface area contributed by atoms with Crippen LogP contribution in [0.2, 0.25) is 0 Å². The molecule has 0 spiro atoms. The van der Waals surface area contributed by atoms with Gasteiger partial charge in [-0.2, -0.15) is 0 Å². The van der Waals surface area contributed by atoms with Crippen LogP contribution in [0.25, 0.3) is 0 Å². The fourth-order valence-corrected chi connectivity index (χ4v) is 3.29. The molecule has 0 aliphatic rings. The first-order chi connectivity index (χ1) is 11.8. The summed E-state index contributed by atoms with van der Waals surface area (Å²) in [5.41, 5.74) is 3.25. The number of hydrogen-bond acceptors (Lipinski definition) is 3. The minimum atomic E-state index is -0.500. The molecule has 0 fully saturated rings. The Labute approximate surface area is 147 Å². The molecule has 0 saturated carbocycles. The molecule has 0 saturated heterocycles. The third-order valence-corrected chi connectivity index (χ3v) is 4.87. The molecule has 0 aliphatic carbocycles. The SMILES string of the molecule is O[C@H](CNc1ccc(CSc2ccccc2)cc1)c1ccccc1. The standard InChI is InChI=1S/C21H21NOS/c23-21(18-7-3-1-4-8-18)15-22-19-13-11-17(12-14-19)16-24-20-9-5-2-6-10-20/h1-14,21-23H,15-16H2/t21-/m1/s1. The van der Waals surface area contributed by atoms with Crippen LogP contribution in [0.5, 0.6) is 0 Å². The van der Waals surface area contributed by atoms with E-state index in [9.17, 15) is 5.11 Å². The van der Waals surface area contributed by atoms with E-state index in [-0.39, 0.29) is 0 Å². The minimum absolute atomic E-state index is 0.500. The lowest BCUT2D eigenvalue weighted by molar-refractivity contribution is 0.191. The van der Waals surface area contributed by atoms with E-state index in [1.165, 1.54) is 10.5 Å². The number of aliphatic hydroxyl groups excluding tert-OH is 1. The molecule has 0 amide bonds. The smallest absolute Gasteiger partial charge is 0.0962 e. The number of rotatable bonds is 7. The van der Waals surface area contributed by atoms with Gasteiger partial charge in [-0.15, -0.1) is 11.8 Å². The van der Waals surface area contributed by atoms with E-state index < -0.39 is 6.10 Å². The van der Waals surface area contributed by atoms with Crippen molar-refractivity contribution >= 4 is 17.4 Å². The fourth-order valence-electron chi connectivity index (χ4n) is 2.41. The van der Waals surface area contributed by atoms with Crippen LogP contribution in [-0.4, -0.2) is 11.7 Å². The summed E-state index contributed by atoms with van der Waals surface area (Å²) >= 11 is 1.83. The summed E-state index contributed by atoms with van der Waals surface area (Å²) in [7, 11) is 0. The Morgan fingerprint density at radius 3 is 2.08 bits per heavy atom. The summed E-state index contributed by atoms with van der Waals surface area (Å²) in [6.07, 6.45) is -0.500. The molecule has 1 atom stereocenters. The maximum Gasteiger partial charge on any atom is 0.0962 e. The van der Waals surface area contributed by atoms with Crippen molar-refractivity contribution in [3.05, 3.63) is 96.1 Å². The highest BCUT2D eigenvalue weighted by Crippen LogP contribution is 2.23. The van der Waals surface area contributed by atoms with Crippen molar-refractivity contribution in [3.63, 3.8) is 0 Å². The Bertz CT molecular complexity index is 729. The van der Waals surface area contributed by atoms with E-state index in [0.29, 0.717) is 6.54 Å². The van der Waals surface area contributed by atoms with Gasteiger partial charge in [-0.1, -0.05) is 60.7 Å². The van der Waals surface area contributed by atoms with Gasteiger partial charge in [-0.05, 0) is 35.4 Å². The molecule has 2 nitrogen and oxygen atoms in total. The van der Waals surface area contributed by atoms with E-state index in [1.54, 1.807) is 0 Å². The Hall–Kier alpha value is -2.23. The summed E-state index contributed by atoms with van der Waals surface area (Å²) in [4.78, 5) is 1.28. The second kappa shape index (κ2) is 8.57. The molecule has 3 rings (SSSR count). The van der Waals surface area contributed by atoms with Crippen LogP contribution < -0.4 is 5.32 Å². The van der Waals surface area contributed by atoms with Gasteiger partial charge in [0.15, 0.2) is 0 Å². The fraction of sp³-hybridized carbons (Fsp3) is 0.143. The number of hydrogen-bond donors (Lipinski definition) is 2. The molecule has 3 aromatic rings. The van der Waals surface area contributed by atoms with Crippen molar-refractivity contribution in [3.8, 4) is 0 Å². The van der Waals surface area contributed by atoms with Gasteiger partial charge in [-0.3, -0.25) is 0 Å². The number of benzene rings is 3. The molecular weight excluding hydrogens is 314 g/mol. The number of aliphatic hydroxyl groups is 1. The monoisotopic (exact) mass is 335 g/mol. The molecule has 2 N–H and O–H groups in total. The quantitative estimate of drug-likeness (QED) is 0.588. The number of nitrogens with one attached hydrogen (secondary N) is 1. The van der Waals surface area contributed by atoms with Crippen molar-refractivity contribution in [2.75, 3.05) is 11.9 Å². The van der Waals surface area contributed by atoms with Crippen molar-refractivity contribution < 1.29 is 5.11 Å². The second-order valence-electron chi connectivity index (χ2n) is 5.61. The third-order valence-electron chi connectivity index (χ3n) is 3.79. The Morgan fingerprint density at radius 2 is 1.42 bits per heavy atom. The summed E-state index contributed by atoms with van der Waals surface area (Å²) in [5, 5.41) is 13.5. The van der Waals surface area contributed by atoms with Crippen LogP contribution in [0.15, 0.2) is 89.8 Å². The molecule has 3 heteroatoms. The molecule has 0 aliphatic heterocycles. The van der Waals surface area contributed by atoms with Crippen molar-refractivity contribution in [1.29, 1.82) is 0 Å². The zero-order valence-corrected chi connectivity index (χ0v) is 14.2. The van der Waals surface area contributed by atoms with Gasteiger partial charge in [0, 0.05) is 22.9 Å². The van der Waals surface area contributed by atoms with E-state index in [0.717, 1.165) is 17.0 Å². The van der Waals surface area contributed by atoms with Gasteiger partial charge in [0.1, 0.15) is 0 Å². The van der Waals surface area contributed by atoms with Gasteiger partial charge < -0.3 is 10.4 Å². The maximum atomic E-state index is 10.2. The van der Waals surface area contributed by atoms with Gasteiger partial charge in [0.05, 0.1) is 6.10 Å². The average Bonchev–Trinajstić information content (AvgIpc) is 2.67. The van der Waals surface area contributed by atoms with Crippen LogP contribution in [0, 0.1) is 0 Å². The molecular formula is C21H21NOS. The molecule has 0 aromatic heterocycles. The second-order valence-corrected chi connectivity index (χ2v) is 6.65. The molecule has 0 heterocycles. The van der Waals surface area contributed by atoms with Gasteiger partial charge in [-0.25, -0.2) is 0 Å². The van der Waals surface area contributed by atoms with Gasteiger partial charge in [0.2, 0.25) is 0 Å².